The average molecular weight is 300 g/mol. The number of carbonyl (C=O) groups is 1. The molecular weight excluding hydrogens is 280 g/mol. The minimum Gasteiger partial charge on any atom is -0.496 e. The first-order valence-electron chi connectivity index (χ1n) is 7.30. The molecule has 2 rings (SSSR count). The van der Waals surface area contributed by atoms with Crippen molar-refractivity contribution in [2.24, 2.45) is 0 Å². The summed E-state index contributed by atoms with van der Waals surface area (Å²) in [6.45, 7) is 3.10. The molecule has 0 saturated carbocycles. The van der Waals surface area contributed by atoms with Gasteiger partial charge in [-0.1, -0.05) is 6.07 Å². The number of hydrogen-bond acceptors (Lipinski definition) is 4. The molecule has 5 nitrogen and oxygen atoms in total. The van der Waals surface area contributed by atoms with Crippen LogP contribution in [0.2, 0.25) is 0 Å². The van der Waals surface area contributed by atoms with Crippen LogP contribution in [0.25, 0.3) is 6.08 Å². The highest BCUT2D eigenvalue weighted by molar-refractivity contribution is 6.01. The average Bonchev–Trinajstić information content (AvgIpc) is 3.04. The van der Waals surface area contributed by atoms with E-state index in [9.17, 15) is 10.1 Å². The van der Waals surface area contributed by atoms with Crippen molar-refractivity contribution in [3.8, 4) is 11.8 Å². The van der Waals surface area contributed by atoms with Crippen LogP contribution in [-0.2, 0) is 9.53 Å². The van der Waals surface area contributed by atoms with Crippen LogP contribution in [0.1, 0.15) is 24.0 Å². The molecule has 1 aromatic rings. The number of nitrogens with zero attached hydrogens (tertiary/aromatic N) is 1. The molecule has 1 aliphatic heterocycles. The molecule has 0 radical (unpaired) electrons. The number of aryl methyl sites for hydroxylation is 1. The lowest BCUT2D eigenvalue weighted by molar-refractivity contribution is -0.117. The first kappa shape index (κ1) is 16.1. The van der Waals surface area contributed by atoms with E-state index in [0.29, 0.717) is 6.54 Å². The Morgan fingerprint density at radius 1 is 1.59 bits per heavy atom. The van der Waals surface area contributed by atoms with Crippen LogP contribution in [0.15, 0.2) is 23.8 Å². The van der Waals surface area contributed by atoms with Gasteiger partial charge in [-0.2, -0.15) is 5.26 Å². The first-order valence-corrected chi connectivity index (χ1v) is 7.30. The summed E-state index contributed by atoms with van der Waals surface area (Å²) in [6.07, 6.45) is 3.61. The Morgan fingerprint density at radius 3 is 3.00 bits per heavy atom. The van der Waals surface area contributed by atoms with E-state index < -0.39 is 0 Å². The second-order valence-corrected chi connectivity index (χ2v) is 5.24. The van der Waals surface area contributed by atoms with Crippen LogP contribution in [0, 0.1) is 18.3 Å². The number of ether oxygens (including phenoxy) is 2. The normalized spacial score (nSPS) is 17.9. The molecule has 22 heavy (non-hydrogen) atoms. The van der Waals surface area contributed by atoms with Crippen molar-refractivity contribution in [1.82, 2.24) is 5.32 Å². The van der Waals surface area contributed by atoms with Crippen molar-refractivity contribution in [1.29, 1.82) is 5.26 Å². The quantitative estimate of drug-likeness (QED) is 0.668. The number of nitrogens with one attached hydrogen (secondary N) is 1. The number of carbonyl (C=O) groups excluding carboxylic acids is 1. The SMILES string of the molecule is COc1ccc(C=C(C#N)C(=O)NCC2CCCO2)cc1C. The molecule has 0 aliphatic carbocycles. The summed E-state index contributed by atoms with van der Waals surface area (Å²) >= 11 is 0. The second-order valence-electron chi connectivity index (χ2n) is 5.24. The first-order chi connectivity index (χ1) is 10.6. The van der Waals surface area contributed by atoms with Crippen LogP contribution >= 0.6 is 0 Å². The van der Waals surface area contributed by atoms with Crippen molar-refractivity contribution in [3.63, 3.8) is 0 Å². The smallest absolute Gasteiger partial charge is 0.262 e. The zero-order valence-electron chi connectivity index (χ0n) is 12.9. The fraction of sp³-hybridized carbons (Fsp3) is 0.412. The third kappa shape index (κ3) is 4.09. The Bertz CT molecular complexity index is 611. The molecule has 1 unspecified atom stereocenters. The topological polar surface area (TPSA) is 71.3 Å². The monoisotopic (exact) mass is 300 g/mol. The van der Waals surface area contributed by atoms with Gasteiger partial charge >= 0.3 is 0 Å². The van der Waals surface area contributed by atoms with E-state index in [1.807, 2.05) is 31.2 Å². The Hall–Kier alpha value is -2.32. The van der Waals surface area contributed by atoms with E-state index in [2.05, 4.69) is 5.32 Å². The molecule has 1 heterocycles. The van der Waals surface area contributed by atoms with Gasteiger partial charge in [-0.3, -0.25) is 4.79 Å². The van der Waals surface area contributed by atoms with Gasteiger partial charge in [-0.25, -0.2) is 0 Å². The van der Waals surface area contributed by atoms with Crippen LogP contribution in [-0.4, -0.2) is 32.3 Å². The van der Waals surface area contributed by atoms with Gasteiger partial charge in [0.05, 0.1) is 13.2 Å². The molecule has 0 aromatic heterocycles. The van der Waals surface area contributed by atoms with E-state index in [1.54, 1.807) is 13.2 Å². The zero-order valence-corrected chi connectivity index (χ0v) is 12.9. The lowest BCUT2D eigenvalue weighted by Gasteiger charge is -2.10. The molecule has 5 heteroatoms. The fourth-order valence-electron chi connectivity index (χ4n) is 2.41. The van der Waals surface area contributed by atoms with E-state index in [-0.39, 0.29) is 17.6 Å². The molecule has 1 atom stereocenters. The summed E-state index contributed by atoms with van der Waals surface area (Å²) in [5.41, 5.74) is 1.83. The third-order valence-electron chi connectivity index (χ3n) is 3.61. The van der Waals surface area contributed by atoms with Gasteiger partial charge < -0.3 is 14.8 Å². The molecule has 1 aliphatic rings. The number of amides is 1. The Labute approximate surface area is 130 Å². The summed E-state index contributed by atoms with van der Waals surface area (Å²) < 4.78 is 10.6. The number of benzene rings is 1. The van der Waals surface area contributed by atoms with Gasteiger partial charge in [-0.15, -0.1) is 0 Å². The Balaban J connectivity index is 2.04. The molecule has 1 saturated heterocycles. The highest BCUT2D eigenvalue weighted by atomic mass is 16.5. The van der Waals surface area contributed by atoms with Crippen molar-refractivity contribution in [2.75, 3.05) is 20.3 Å². The predicted octanol–water partition coefficient (Wildman–Crippen LogP) is 2.21. The highest BCUT2D eigenvalue weighted by Gasteiger charge is 2.17. The lowest BCUT2D eigenvalue weighted by Crippen LogP contribution is -2.32. The summed E-state index contributed by atoms with van der Waals surface area (Å²) in [5, 5.41) is 11.9. The number of hydrogen-bond donors (Lipinski definition) is 1. The van der Waals surface area contributed by atoms with Gasteiger partial charge in [0, 0.05) is 13.2 Å². The van der Waals surface area contributed by atoms with Crippen molar-refractivity contribution < 1.29 is 14.3 Å². The summed E-state index contributed by atoms with van der Waals surface area (Å²) in [7, 11) is 1.61. The molecule has 1 amide bonds. The predicted molar refractivity (Wildman–Crippen MR) is 83.3 cm³/mol. The van der Waals surface area contributed by atoms with E-state index in [0.717, 1.165) is 36.3 Å². The van der Waals surface area contributed by atoms with Crippen LogP contribution in [0.4, 0.5) is 0 Å². The zero-order chi connectivity index (χ0) is 15.9. The fourth-order valence-corrected chi connectivity index (χ4v) is 2.41. The van der Waals surface area contributed by atoms with Gasteiger partial charge in [0.2, 0.25) is 0 Å². The van der Waals surface area contributed by atoms with Crippen LogP contribution in [0.3, 0.4) is 0 Å². The molecular formula is C17H20N2O3. The maximum atomic E-state index is 12.1. The van der Waals surface area contributed by atoms with Crippen molar-refractivity contribution in [3.05, 3.63) is 34.9 Å². The maximum absolute atomic E-state index is 12.1. The highest BCUT2D eigenvalue weighted by Crippen LogP contribution is 2.20. The second kappa shape index (κ2) is 7.62. The van der Waals surface area contributed by atoms with Gasteiger partial charge in [0.15, 0.2) is 0 Å². The minimum atomic E-state index is -0.369. The number of methoxy groups -OCH3 is 1. The molecule has 1 aromatic carbocycles. The largest absolute Gasteiger partial charge is 0.496 e. The number of nitriles is 1. The van der Waals surface area contributed by atoms with Gasteiger partial charge in [-0.05, 0) is 49.1 Å². The maximum Gasteiger partial charge on any atom is 0.262 e. The number of rotatable bonds is 5. The summed E-state index contributed by atoms with van der Waals surface area (Å²) in [5.74, 6) is 0.407. The molecule has 1 N–H and O–H groups in total. The van der Waals surface area contributed by atoms with Crippen LogP contribution in [0.5, 0.6) is 5.75 Å². The van der Waals surface area contributed by atoms with Gasteiger partial charge in [0.25, 0.3) is 5.91 Å². The Morgan fingerprint density at radius 2 is 2.41 bits per heavy atom. The standard InChI is InChI=1S/C17H20N2O3/c1-12-8-13(5-6-16(12)21-2)9-14(10-18)17(20)19-11-15-4-3-7-22-15/h5-6,8-9,15H,3-4,7,11H2,1-2H3,(H,19,20). The minimum absolute atomic E-state index is 0.0622. The Kier molecular flexibility index (Phi) is 5.56. The van der Waals surface area contributed by atoms with E-state index in [1.165, 1.54) is 0 Å². The van der Waals surface area contributed by atoms with Gasteiger partial charge in [0.1, 0.15) is 17.4 Å². The molecule has 0 spiro atoms. The molecule has 0 bridgehead atoms. The summed E-state index contributed by atoms with van der Waals surface area (Å²) in [6, 6.07) is 7.47. The van der Waals surface area contributed by atoms with E-state index >= 15 is 0 Å². The van der Waals surface area contributed by atoms with Crippen LogP contribution < -0.4 is 10.1 Å². The van der Waals surface area contributed by atoms with Crippen molar-refractivity contribution >= 4 is 12.0 Å². The summed E-state index contributed by atoms with van der Waals surface area (Å²) in [4.78, 5) is 12.1. The third-order valence-corrected chi connectivity index (χ3v) is 3.61. The lowest BCUT2D eigenvalue weighted by atomic mass is 10.1. The van der Waals surface area contributed by atoms with E-state index in [4.69, 9.17) is 9.47 Å². The molecule has 116 valence electrons. The van der Waals surface area contributed by atoms with Crippen molar-refractivity contribution in [2.45, 2.75) is 25.9 Å². The molecule has 1 fully saturated rings.